The Balaban J connectivity index is 1.60. The van der Waals surface area contributed by atoms with Gasteiger partial charge in [-0.2, -0.15) is 0 Å². The zero-order valence-corrected chi connectivity index (χ0v) is 15.8. The van der Waals surface area contributed by atoms with Crippen LogP contribution in [0, 0.1) is 0 Å². The lowest BCUT2D eigenvalue weighted by Gasteiger charge is -2.26. The number of nitrogens with zero attached hydrogens (tertiary/aromatic N) is 3. The smallest absolute Gasteiger partial charge is 0.234 e. The molecule has 1 aromatic carbocycles. The second-order valence-corrected chi connectivity index (χ2v) is 9.20. The van der Waals surface area contributed by atoms with E-state index in [-0.39, 0.29) is 5.75 Å². The van der Waals surface area contributed by atoms with Crippen LogP contribution in [-0.4, -0.2) is 52.0 Å². The first-order valence-corrected chi connectivity index (χ1v) is 11.0. The molecule has 1 aromatic heterocycles. The van der Waals surface area contributed by atoms with Crippen LogP contribution in [0.2, 0.25) is 0 Å². The third-order valence-corrected chi connectivity index (χ3v) is 7.38. The summed E-state index contributed by atoms with van der Waals surface area (Å²) in [6.07, 6.45) is 0.753. The van der Waals surface area contributed by atoms with E-state index in [4.69, 9.17) is 9.72 Å². The number of aromatic nitrogens is 1. The fourth-order valence-corrected chi connectivity index (χ4v) is 5.32. The Hall–Kier alpha value is -1.64. The molecule has 0 bridgehead atoms. The summed E-state index contributed by atoms with van der Waals surface area (Å²) in [4.78, 5) is 7.02. The van der Waals surface area contributed by atoms with Crippen molar-refractivity contribution in [1.82, 2.24) is 4.98 Å². The highest BCUT2D eigenvalue weighted by Gasteiger charge is 2.28. The maximum atomic E-state index is 12.2. The molecule has 2 aromatic rings. The second kappa shape index (κ2) is 6.59. The molecule has 6 nitrogen and oxygen atoms in total. The minimum atomic E-state index is -3.20. The molecule has 1 fully saturated rings. The topological polar surface area (TPSA) is 62.7 Å². The lowest BCUT2D eigenvalue weighted by molar-refractivity contribution is 0.122. The van der Waals surface area contributed by atoms with E-state index in [0.717, 1.165) is 60.4 Å². The molecule has 0 saturated carbocycles. The highest BCUT2D eigenvalue weighted by molar-refractivity contribution is 7.92. The van der Waals surface area contributed by atoms with E-state index in [0.29, 0.717) is 6.54 Å². The normalized spacial score (nSPS) is 17.8. The third-order valence-electron chi connectivity index (χ3n) is 4.70. The van der Waals surface area contributed by atoms with Crippen molar-refractivity contribution in [2.24, 2.45) is 0 Å². The zero-order valence-electron chi connectivity index (χ0n) is 14.1. The van der Waals surface area contributed by atoms with Gasteiger partial charge >= 0.3 is 0 Å². The third kappa shape index (κ3) is 3.14. The van der Waals surface area contributed by atoms with E-state index in [1.165, 1.54) is 4.31 Å². The second-order valence-electron chi connectivity index (χ2n) is 6.18. The Morgan fingerprint density at radius 3 is 2.80 bits per heavy atom. The van der Waals surface area contributed by atoms with E-state index >= 15 is 0 Å². The maximum absolute atomic E-state index is 12.2. The van der Waals surface area contributed by atoms with Crippen molar-refractivity contribution < 1.29 is 13.2 Å². The summed E-state index contributed by atoms with van der Waals surface area (Å²) in [5.74, 6) is 0.128. The number of hydrogen-bond donors (Lipinski definition) is 0. The summed E-state index contributed by atoms with van der Waals surface area (Å²) < 4.78 is 31.3. The van der Waals surface area contributed by atoms with Gasteiger partial charge in [-0.05, 0) is 31.0 Å². The van der Waals surface area contributed by atoms with Crippen LogP contribution in [0.3, 0.4) is 0 Å². The molecule has 0 unspecified atom stereocenters. The van der Waals surface area contributed by atoms with Crippen LogP contribution in [0.25, 0.3) is 11.3 Å². The van der Waals surface area contributed by atoms with Crippen LogP contribution in [-0.2, 0) is 21.2 Å². The van der Waals surface area contributed by atoms with E-state index in [2.05, 4.69) is 16.3 Å². The van der Waals surface area contributed by atoms with E-state index < -0.39 is 10.0 Å². The molecule has 2 aliphatic heterocycles. The minimum Gasteiger partial charge on any atom is -0.378 e. The number of morpholine rings is 1. The number of ether oxygens (including phenoxy) is 1. The molecule has 3 heterocycles. The molecule has 2 aliphatic rings. The first-order chi connectivity index (χ1) is 12.1. The predicted molar refractivity (Wildman–Crippen MR) is 101 cm³/mol. The summed E-state index contributed by atoms with van der Waals surface area (Å²) in [5, 5.41) is 3.09. The van der Waals surface area contributed by atoms with Gasteiger partial charge < -0.3 is 9.64 Å². The Bertz CT molecular complexity index is 873. The van der Waals surface area contributed by atoms with Gasteiger partial charge in [0.1, 0.15) is 0 Å². The number of benzene rings is 1. The van der Waals surface area contributed by atoms with Crippen LogP contribution in [0.15, 0.2) is 23.6 Å². The molecule has 8 heteroatoms. The number of hydrogen-bond acceptors (Lipinski definition) is 6. The SMILES string of the molecule is CCS(=O)(=O)N1CCc2cc(-c3csc(N4CCOCC4)n3)ccc21. The molecule has 1 saturated heterocycles. The van der Waals surface area contributed by atoms with Crippen molar-refractivity contribution in [3.8, 4) is 11.3 Å². The average Bonchev–Trinajstić information content (AvgIpc) is 3.29. The van der Waals surface area contributed by atoms with Crippen LogP contribution in [0.4, 0.5) is 10.8 Å². The van der Waals surface area contributed by atoms with E-state index in [1.807, 2.05) is 12.1 Å². The van der Waals surface area contributed by atoms with Crippen molar-refractivity contribution in [3.05, 3.63) is 29.1 Å². The molecule has 0 radical (unpaired) electrons. The van der Waals surface area contributed by atoms with Crippen LogP contribution in [0.1, 0.15) is 12.5 Å². The number of fused-ring (bicyclic) bond motifs is 1. The lowest BCUT2D eigenvalue weighted by atomic mass is 10.1. The fraction of sp³-hybridized carbons (Fsp3) is 0.471. The van der Waals surface area contributed by atoms with Crippen LogP contribution >= 0.6 is 11.3 Å². The van der Waals surface area contributed by atoms with Crippen molar-refractivity contribution >= 4 is 32.2 Å². The minimum absolute atomic E-state index is 0.128. The molecule has 0 N–H and O–H groups in total. The number of sulfonamides is 1. The Labute approximate surface area is 152 Å². The number of anilines is 2. The standard InChI is InChI=1S/C17H21N3O3S2/c1-2-25(21,22)20-6-5-14-11-13(3-4-16(14)20)15-12-24-17(18-15)19-7-9-23-10-8-19/h3-4,11-12H,2,5-10H2,1H3. The monoisotopic (exact) mass is 379 g/mol. The molecule has 0 spiro atoms. The first-order valence-electron chi connectivity index (χ1n) is 8.50. The largest absolute Gasteiger partial charge is 0.378 e. The van der Waals surface area contributed by atoms with Gasteiger partial charge in [0.2, 0.25) is 10.0 Å². The van der Waals surface area contributed by atoms with Crippen molar-refractivity contribution in [2.45, 2.75) is 13.3 Å². The van der Waals surface area contributed by atoms with Gasteiger partial charge in [-0.25, -0.2) is 13.4 Å². The van der Waals surface area contributed by atoms with Crippen molar-refractivity contribution in [1.29, 1.82) is 0 Å². The molecule has 0 atom stereocenters. The van der Waals surface area contributed by atoms with Gasteiger partial charge in [0, 0.05) is 30.6 Å². The Morgan fingerprint density at radius 1 is 1.24 bits per heavy atom. The summed E-state index contributed by atoms with van der Waals surface area (Å²) in [6, 6.07) is 5.97. The highest BCUT2D eigenvalue weighted by Crippen LogP contribution is 2.35. The van der Waals surface area contributed by atoms with Crippen LogP contribution in [0.5, 0.6) is 0 Å². The number of rotatable bonds is 4. The van der Waals surface area contributed by atoms with Gasteiger partial charge in [-0.15, -0.1) is 11.3 Å². The van der Waals surface area contributed by atoms with Gasteiger partial charge in [0.15, 0.2) is 5.13 Å². The molecular weight excluding hydrogens is 358 g/mol. The highest BCUT2D eigenvalue weighted by atomic mass is 32.2. The maximum Gasteiger partial charge on any atom is 0.234 e. The summed E-state index contributed by atoms with van der Waals surface area (Å²) in [6.45, 7) is 5.46. The predicted octanol–water partition coefficient (Wildman–Crippen LogP) is 2.36. The quantitative estimate of drug-likeness (QED) is 0.816. The molecular formula is C17H21N3O3S2. The van der Waals surface area contributed by atoms with E-state index in [9.17, 15) is 8.42 Å². The van der Waals surface area contributed by atoms with Gasteiger partial charge in [-0.3, -0.25) is 4.31 Å². The Morgan fingerprint density at radius 2 is 2.04 bits per heavy atom. The number of thiazole rings is 1. The van der Waals surface area contributed by atoms with Gasteiger partial charge in [-0.1, -0.05) is 6.07 Å². The molecule has 25 heavy (non-hydrogen) atoms. The molecule has 4 rings (SSSR count). The zero-order chi connectivity index (χ0) is 17.4. The molecule has 0 aliphatic carbocycles. The summed E-state index contributed by atoms with van der Waals surface area (Å²) in [5.41, 5.74) is 3.89. The summed E-state index contributed by atoms with van der Waals surface area (Å²) in [7, 11) is -3.20. The Kier molecular flexibility index (Phi) is 4.43. The lowest BCUT2D eigenvalue weighted by Crippen LogP contribution is -2.36. The summed E-state index contributed by atoms with van der Waals surface area (Å²) >= 11 is 1.65. The van der Waals surface area contributed by atoms with E-state index in [1.54, 1.807) is 18.3 Å². The van der Waals surface area contributed by atoms with Gasteiger partial charge in [0.05, 0.1) is 30.3 Å². The molecule has 0 amide bonds. The van der Waals surface area contributed by atoms with Gasteiger partial charge in [0.25, 0.3) is 0 Å². The van der Waals surface area contributed by atoms with Crippen molar-refractivity contribution in [3.63, 3.8) is 0 Å². The first kappa shape index (κ1) is 16.8. The molecule has 134 valence electrons. The fourth-order valence-electron chi connectivity index (χ4n) is 3.27. The van der Waals surface area contributed by atoms with Crippen molar-refractivity contribution in [2.75, 3.05) is 47.8 Å². The van der Waals surface area contributed by atoms with Crippen LogP contribution < -0.4 is 9.21 Å². The average molecular weight is 380 g/mol.